The van der Waals surface area contributed by atoms with E-state index in [0.717, 1.165) is 9.87 Å². The van der Waals surface area contributed by atoms with E-state index in [1.807, 2.05) is 6.92 Å². The minimum Gasteiger partial charge on any atom is -0.495 e. The van der Waals surface area contributed by atoms with Gasteiger partial charge in [0.15, 0.2) is 0 Å². The van der Waals surface area contributed by atoms with Crippen LogP contribution in [-0.4, -0.2) is 28.0 Å². The molecule has 0 radical (unpaired) electrons. The summed E-state index contributed by atoms with van der Waals surface area (Å²) in [5.41, 5.74) is 1.00. The predicted octanol–water partition coefficient (Wildman–Crippen LogP) is 6.54. The quantitative estimate of drug-likeness (QED) is 0.287. The van der Waals surface area contributed by atoms with Crippen LogP contribution in [0.2, 0.25) is 15.1 Å². The van der Waals surface area contributed by atoms with Crippen molar-refractivity contribution in [1.29, 1.82) is 0 Å². The molecule has 0 saturated carbocycles. The Morgan fingerprint density at radius 1 is 0.912 bits per heavy atom. The number of carbonyl (C=O) groups excluding carboxylic acids is 1. The molecule has 1 amide bonds. The zero-order valence-corrected chi connectivity index (χ0v) is 21.5. The van der Waals surface area contributed by atoms with Gasteiger partial charge in [-0.1, -0.05) is 52.5 Å². The van der Waals surface area contributed by atoms with Gasteiger partial charge in [-0.15, -0.1) is 0 Å². The van der Waals surface area contributed by atoms with E-state index in [9.17, 15) is 13.2 Å². The summed E-state index contributed by atoms with van der Waals surface area (Å²) in [4.78, 5) is 13.2. The number of anilines is 1. The number of nitrogens with zero attached hydrogens (tertiary/aromatic N) is 1. The molecular formula is C24H22Cl3NO5S. The summed E-state index contributed by atoms with van der Waals surface area (Å²) in [6.45, 7) is 1.99. The Morgan fingerprint density at radius 3 is 2.18 bits per heavy atom. The first-order chi connectivity index (χ1) is 16.1. The van der Waals surface area contributed by atoms with Crippen molar-refractivity contribution in [2.45, 2.75) is 24.7 Å². The maximum Gasteiger partial charge on any atom is 0.270 e. The zero-order valence-electron chi connectivity index (χ0n) is 18.4. The summed E-state index contributed by atoms with van der Waals surface area (Å²) in [5, 5.41) is 0.996. The maximum absolute atomic E-state index is 13.5. The molecule has 0 N–H and O–H groups in total. The van der Waals surface area contributed by atoms with Crippen molar-refractivity contribution in [2.75, 3.05) is 18.0 Å². The molecule has 6 nitrogen and oxygen atoms in total. The molecule has 0 unspecified atom stereocenters. The molecule has 0 aliphatic carbocycles. The van der Waals surface area contributed by atoms with E-state index < -0.39 is 15.9 Å². The molecule has 3 rings (SSSR count). The molecular weight excluding hydrogens is 521 g/mol. The fraction of sp³-hybridized carbons (Fsp3) is 0.208. The van der Waals surface area contributed by atoms with Gasteiger partial charge < -0.3 is 9.47 Å². The van der Waals surface area contributed by atoms with Gasteiger partial charge in [-0.2, -0.15) is 0 Å². The lowest BCUT2D eigenvalue weighted by Gasteiger charge is -2.23. The number of sulfonamides is 1. The summed E-state index contributed by atoms with van der Waals surface area (Å²) < 4.78 is 38.4. The van der Waals surface area contributed by atoms with Gasteiger partial charge in [0.2, 0.25) is 5.91 Å². The summed E-state index contributed by atoms with van der Waals surface area (Å²) in [5.74, 6) is 0.149. The van der Waals surface area contributed by atoms with E-state index >= 15 is 0 Å². The highest BCUT2D eigenvalue weighted by Gasteiger charge is 2.31. The molecule has 0 heterocycles. The summed E-state index contributed by atoms with van der Waals surface area (Å²) >= 11 is 18.2. The van der Waals surface area contributed by atoms with Crippen LogP contribution in [0, 0.1) is 6.92 Å². The van der Waals surface area contributed by atoms with E-state index in [1.54, 1.807) is 30.3 Å². The number of halogens is 3. The van der Waals surface area contributed by atoms with E-state index in [0.29, 0.717) is 21.5 Å². The van der Waals surface area contributed by atoms with Crippen molar-refractivity contribution in [3.05, 3.63) is 81.3 Å². The lowest BCUT2D eigenvalue weighted by atomic mass is 10.2. The second-order valence-corrected chi connectivity index (χ2v) is 10.4. The zero-order chi connectivity index (χ0) is 24.9. The summed E-state index contributed by atoms with van der Waals surface area (Å²) in [6, 6.07) is 15.4. The third-order valence-electron chi connectivity index (χ3n) is 4.84. The Hall–Kier alpha value is -2.45. The first-order valence-corrected chi connectivity index (χ1v) is 12.8. The highest BCUT2D eigenvalue weighted by molar-refractivity contribution is 7.93. The molecule has 10 heteroatoms. The maximum atomic E-state index is 13.5. The molecule has 180 valence electrons. The number of carbonyl (C=O) groups is 1. The van der Waals surface area contributed by atoms with Gasteiger partial charge in [0.05, 0.1) is 34.3 Å². The Kier molecular flexibility index (Phi) is 8.71. The Labute approximate surface area is 214 Å². The number of hydrogen-bond donors (Lipinski definition) is 0. The molecule has 0 aromatic heterocycles. The highest BCUT2D eigenvalue weighted by Crippen LogP contribution is 2.33. The fourth-order valence-corrected chi connectivity index (χ4v) is 5.27. The second-order valence-electron chi connectivity index (χ2n) is 7.32. The van der Waals surface area contributed by atoms with E-state index in [2.05, 4.69) is 0 Å². The van der Waals surface area contributed by atoms with Crippen molar-refractivity contribution in [3.8, 4) is 11.5 Å². The lowest BCUT2D eigenvalue weighted by Crippen LogP contribution is -2.37. The van der Waals surface area contributed by atoms with Crippen LogP contribution in [0.5, 0.6) is 11.5 Å². The monoisotopic (exact) mass is 541 g/mol. The smallest absolute Gasteiger partial charge is 0.270 e. The number of methoxy groups -OCH3 is 1. The van der Waals surface area contributed by atoms with Crippen molar-refractivity contribution >= 4 is 56.4 Å². The molecule has 0 atom stereocenters. The second kappa shape index (κ2) is 11.3. The predicted molar refractivity (Wildman–Crippen MR) is 135 cm³/mol. The molecule has 0 bridgehead atoms. The van der Waals surface area contributed by atoms with Crippen LogP contribution in [0.3, 0.4) is 0 Å². The van der Waals surface area contributed by atoms with Crippen molar-refractivity contribution < 1.29 is 22.7 Å². The average Bonchev–Trinajstić information content (AvgIpc) is 2.78. The van der Waals surface area contributed by atoms with Crippen molar-refractivity contribution in [1.82, 2.24) is 0 Å². The van der Waals surface area contributed by atoms with Gasteiger partial charge in [-0.3, -0.25) is 4.79 Å². The number of benzene rings is 3. The van der Waals surface area contributed by atoms with E-state index in [-0.39, 0.29) is 35.1 Å². The van der Waals surface area contributed by atoms with Gasteiger partial charge in [0, 0.05) is 11.4 Å². The Morgan fingerprint density at radius 2 is 1.56 bits per heavy atom. The van der Waals surface area contributed by atoms with Gasteiger partial charge in [0.1, 0.15) is 11.5 Å². The molecule has 0 aliphatic heterocycles. The SMILES string of the molecule is COc1ccc(N(C(=O)CCCOc2ccc(Cl)cc2Cl)S(=O)(=O)c2ccc(C)cc2)cc1Cl. The highest BCUT2D eigenvalue weighted by atomic mass is 35.5. The molecule has 34 heavy (non-hydrogen) atoms. The average molecular weight is 543 g/mol. The van der Waals surface area contributed by atoms with Gasteiger partial charge in [-0.25, -0.2) is 12.7 Å². The van der Waals surface area contributed by atoms with Gasteiger partial charge in [0.25, 0.3) is 10.0 Å². The van der Waals surface area contributed by atoms with Crippen LogP contribution in [0.1, 0.15) is 18.4 Å². The molecule has 3 aromatic rings. The normalized spacial score (nSPS) is 11.2. The number of hydrogen-bond acceptors (Lipinski definition) is 5. The fourth-order valence-electron chi connectivity index (χ4n) is 3.11. The van der Waals surface area contributed by atoms with Crippen LogP contribution < -0.4 is 13.8 Å². The largest absolute Gasteiger partial charge is 0.495 e. The molecule has 0 spiro atoms. The van der Waals surface area contributed by atoms with E-state index in [4.69, 9.17) is 44.3 Å². The van der Waals surface area contributed by atoms with Gasteiger partial charge >= 0.3 is 0 Å². The van der Waals surface area contributed by atoms with Gasteiger partial charge in [-0.05, 0) is 61.9 Å². The number of aryl methyl sites for hydroxylation is 1. The number of ether oxygens (including phenoxy) is 2. The number of rotatable bonds is 9. The van der Waals surface area contributed by atoms with Crippen molar-refractivity contribution in [3.63, 3.8) is 0 Å². The third kappa shape index (κ3) is 6.16. The van der Waals surface area contributed by atoms with Crippen LogP contribution in [0.15, 0.2) is 65.6 Å². The molecule has 0 fully saturated rings. The Bertz CT molecular complexity index is 1280. The Balaban J connectivity index is 1.83. The third-order valence-corrected chi connectivity index (χ3v) is 7.43. The van der Waals surface area contributed by atoms with Crippen LogP contribution in [0.25, 0.3) is 0 Å². The first-order valence-electron chi connectivity index (χ1n) is 10.2. The van der Waals surface area contributed by atoms with Crippen LogP contribution in [-0.2, 0) is 14.8 Å². The van der Waals surface area contributed by atoms with Crippen LogP contribution >= 0.6 is 34.8 Å². The lowest BCUT2D eigenvalue weighted by molar-refractivity contribution is -0.117. The molecule has 3 aromatic carbocycles. The minimum atomic E-state index is -4.20. The summed E-state index contributed by atoms with van der Waals surface area (Å²) in [6.07, 6.45) is 0.154. The molecule has 0 aliphatic rings. The topological polar surface area (TPSA) is 72.9 Å². The van der Waals surface area contributed by atoms with Crippen LogP contribution in [0.4, 0.5) is 5.69 Å². The first kappa shape index (κ1) is 26.2. The summed E-state index contributed by atoms with van der Waals surface area (Å²) in [7, 11) is -2.76. The van der Waals surface area contributed by atoms with E-state index in [1.165, 1.54) is 37.4 Å². The standard InChI is InChI=1S/C24H22Cl3NO5S/c1-16-5-9-19(10-6-16)34(30,31)28(18-8-12-22(32-2)21(27)15-18)24(29)4-3-13-33-23-11-7-17(25)14-20(23)26/h5-12,14-15H,3-4,13H2,1-2H3. The number of amides is 1. The molecule has 0 saturated heterocycles. The van der Waals surface area contributed by atoms with Crippen molar-refractivity contribution in [2.24, 2.45) is 0 Å². The minimum absolute atomic E-state index is 0.0115.